The first-order valence-electron chi connectivity index (χ1n) is 7.54. The van der Waals surface area contributed by atoms with Gasteiger partial charge in [-0.25, -0.2) is 0 Å². The minimum Gasteiger partial charge on any atom is -0.494 e. The predicted octanol–water partition coefficient (Wildman–Crippen LogP) is 5.37. The molecule has 1 aliphatic rings. The van der Waals surface area contributed by atoms with Crippen LogP contribution >= 0.6 is 0 Å². The van der Waals surface area contributed by atoms with E-state index in [0.717, 1.165) is 18.3 Å². The van der Waals surface area contributed by atoms with Gasteiger partial charge in [0.15, 0.2) is 0 Å². The van der Waals surface area contributed by atoms with Crippen molar-refractivity contribution in [2.24, 2.45) is 5.92 Å². The van der Waals surface area contributed by atoms with Crippen molar-refractivity contribution in [1.82, 2.24) is 0 Å². The first-order chi connectivity index (χ1) is 8.84. The second-order valence-corrected chi connectivity index (χ2v) is 4.95. The van der Waals surface area contributed by atoms with Gasteiger partial charge in [-0.2, -0.15) is 0 Å². The number of hydrogen-bond donors (Lipinski definition) is 0. The third kappa shape index (κ3) is 5.57. The lowest BCUT2D eigenvalue weighted by atomic mass is 9.87. The van der Waals surface area contributed by atoms with Crippen LogP contribution in [0.2, 0.25) is 0 Å². The Hall–Kier alpha value is -0.980. The molecule has 0 saturated heterocycles. The van der Waals surface area contributed by atoms with Crippen molar-refractivity contribution in [2.45, 2.75) is 59.3 Å². The summed E-state index contributed by atoms with van der Waals surface area (Å²) in [5, 5.41) is 0. The first kappa shape index (κ1) is 15.1. The summed E-state index contributed by atoms with van der Waals surface area (Å²) in [5.41, 5.74) is 1.29. The molecule has 18 heavy (non-hydrogen) atoms. The van der Waals surface area contributed by atoms with E-state index in [2.05, 4.69) is 31.2 Å². The number of benzene rings is 1. The molecule has 0 aliphatic heterocycles. The van der Waals surface area contributed by atoms with E-state index in [1.165, 1.54) is 44.1 Å². The molecule has 2 rings (SSSR count). The van der Waals surface area contributed by atoms with E-state index >= 15 is 0 Å². The molecule has 0 heterocycles. The topological polar surface area (TPSA) is 9.23 Å². The Bertz CT molecular complexity index is 296. The molecule has 0 spiro atoms. The van der Waals surface area contributed by atoms with Gasteiger partial charge in [-0.1, -0.05) is 63.6 Å². The summed E-state index contributed by atoms with van der Waals surface area (Å²) >= 11 is 0. The van der Waals surface area contributed by atoms with Gasteiger partial charge >= 0.3 is 0 Å². The Morgan fingerprint density at radius 3 is 2.22 bits per heavy atom. The van der Waals surface area contributed by atoms with Crippen molar-refractivity contribution in [1.29, 1.82) is 0 Å². The van der Waals surface area contributed by atoms with Crippen LogP contribution in [0.3, 0.4) is 0 Å². The molecular formula is C17H28O. The molecule has 1 fully saturated rings. The Balaban J connectivity index is 0.000000771. The van der Waals surface area contributed by atoms with Crippen molar-refractivity contribution in [3.63, 3.8) is 0 Å². The molecule has 0 bridgehead atoms. The van der Waals surface area contributed by atoms with E-state index in [-0.39, 0.29) is 0 Å². The van der Waals surface area contributed by atoms with Crippen LogP contribution in [0.1, 0.15) is 57.9 Å². The molecule has 1 aromatic carbocycles. The van der Waals surface area contributed by atoms with Gasteiger partial charge < -0.3 is 4.74 Å². The highest BCUT2D eigenvalue weighted by molar-refractivity contribution is 5.26. The molecular weight excluding hydrogens is 220 g/mol. The SMILES string of the molecule is CC.Cc1ccc(OCCC2CCCCC2)cc1. The summed E-state index contributed by atoms with van der Waals surface area (Å²) in [7, 11) is 0. The van der Waals surface area contributed by atoms with Gasteiger partial charge in [-0.05, 0) is 31.4 Å². The third-order valence-electron chi connectivity index (χ3n) is 3.54. The summed E-state index contributed by atoms with van der Waals surface area (Å²) in [6.45, 7) is 6.99. The minimum absolute atomic E-state index is 0.883. The monoisotopic (exact) mass is 248 g/mol. The molecule has 0 amide bonds. The standard InChI is InChI=1S/C15H22O.C2H6/c1-13-7-9-15(10-8-13)16-12-11-14-5-3-2-4-6-14;1-2/h7-10,14H,2-6,11-12H2,1H3;1-2H3. The van der Waals surface area contributed by atoms with Gasteiger partial charge in [0.05, 0.1) is 6.61 Å². The summed E-state index contributed by atoms with van der Waals surface area (Å²) in [5.74, 6) is 1.93. The Labute approximate surface area is 113 Å². The zero-order valence-corrected chi connectivity index (χ0v) is 12.2. The van der Waals surface area contributed by atoms with Crippen LogP contribution in [-0.4, -0.2) is 6.61 Å². The van der Waals surface area contributed by atoms with E-state index < -0.39 is 0 Å². The molecule has 1 heteroatoms. The van der Waals surface area contributed by atoms with Crippen LogP contribution in [0, 0.1) is 12.8 Å². The molecule has 102 valence electrons. The highest BCUT2D eigenvalue weighted by Crippen LogP contribution is 2.26. The largest absolute Gasteiger partial charge is 0.494 e. The number of hydrogen-bond acceptors (Lipinski definition) is 1. The van der Waals surface area contributed by atoms with Gasteiger partial charge in [0.25, 0.3) is 0 Å². The second-order valence-electron chi connectivity index (χ2n) is 4.95. The van der Waals surface area contributed by atoms with Crippen LogP contribution in [0.4, 0.5) is 0 Å². The van der Waals surface area contributed by atoms with E-state index in [1.807, 2.05) is 13.8 Å². The van der Waals surface area contributed by atoms with Gasteiger partial charge in [0.1, 0.15) is 5.75 Å². The summed E-state index contributed by atoms with van der Waals surface area (Å²) in [6, 6.07) is 8.35. The van der Waals surface area contributed by atoms with Crippen molar-refractivity contribution >= 4 is 0 Å². The van der Waals surface area contributed by atoms with Crippen LogP contribution < -0.4 is 4.74 Å². The van der Waals surface area contributed by atoms with Crippen molar-refractivity contribution < 1.29 is 4.74 Å². The van der Waals surface area contributed by atoms with Gasteiger partial charge in [0.2, 0.25) is 0 Å². The maximum Gasteiger partial charge on any atom is 0.119 e. The molecule has 0 aromatic heterocycles. The highest BCUT2D eigenvalue weighted by atomic mass is 16.5. The molecule has 1 aromatic rings. The zero-order valence-electron chi connectivity index (χ0n) is 12.2. The van der Waals surface area contributed by atoms with Gasteiger partial charge in [-0.3, -0.25) is 0 Å². The Morgan fingerprint density at radius 2 is 1.61 bits per heavy atom. The first-order valence-corrected chi connectivity index (χ1v) is 7.54. The fourth-order valence-electron chi connectivity index (χ4n) is 2.45. The lowest BCUT2D eigenvalue weighted by Gasteiger charge is -2.21. The van der Waals surface area contributed by atoms with E-state index in [4.69, 9.17) is 4.74 Å². The summed E-state index contributed by atoms with van der Waals surface area (Å²) in [6.07, 6.45) is 8.35. The predicted molar refractivity (Wildman–Crippen MR) is 79.2 cm³/mol. The van der Waals surface area contributed by atoms with Crippen LogP contribution in [0.15, 0.2) is 24.3 Å². The van der Waals surface area contributed by atoms with Crippen molar-refractivity contribution in [3.8, 4) is 5.75 Å². The van der Waals surface area contributed by atoms with Crippen molar-refractivity contribution in [3.05, 3.63) is 29.8 Å². The molecule has 0 N–H and O–H groups in total. The molecule has 1 nitrogen and oxygen atoms in total. The maximum atomic E-state index is 5.76. The molecule has 0 atom stereocenters. The van der Waals surface area contributed by atoms with E-state index in [0.29, 0.717) is 0 Å². The maximum absolute atomic E-state index is 5.76. The summed E-state index contributed by atoms with van der Waals surface area (Å²) < 4.78 is 5.76. The zero-order chi connectivity index (χ0) is 13.2. The van der Waals surface area contributed by atoms with Gasteiger partial charge in [-0.15, -0.1) is 0 Å². The quantitative estimate of drug-likeness (QED) is 0.696. The third-order valence-corrected chi connectivity index (χ3v) is 3.54. The second kappa shape index (κ2) is 9.02. The number of aryl methyl sites for hydroxylation is 1. The number of ether oxygens (including phenoxy) is 1. The average Bonchev–Trinajstić information content (AvgIpc) is 2.44. The van der Waals surface area contributed by atoms with Crippen LogP contribution in [0.25, 0.3) is 0 Å². The molecule has 0 radical (unpaired) electrons. The summed E-state index contributed by atoms with van der Waals surface area (Å²) in [4.78, 5) is 0. The van der Waals surface area contributed by atoms with E-state index in [9.17, 15) is 0 Å². The van der Waals surface area contributed by atoms with Crippen LogP contribution in [0.5, 0.6) is 5.75 Å². The Kier molecular flexibility index (Phi) is 7.55. The number of rotatable bonds is 4. The normalized spacial score (nSPS) is 15.7. The molecule has 1 aliphatic carbocycles. The average molecular weight is 248 g/mol. The fraction of sp³-hybridized carbons (Fsp3) is 0.647. The van der Waals surface area contributed by atoms with E-state index in [1.54, 1.807) is 0 Å². The molecule has 1 saturated carbocycles. The smallest absolute Gasteiger partial charge is 0.119 e. The van der Waals surface area contributed by atoms with Crippen molar-refractivity contribution in [2.75, 3.05) is 6.61 Å². The molecule has 0 unspecified atom stereocenters. The minimum atomic E-state index is 0.883. The lowest BCUT2D eigenvalue weighted by molar-refractivity contribution is 0.246. The Morgan fingerprint density at radius 1 is 1.00 bits per heavy atom. The lowest BCUT2D eigenvalue weighted by Crippen LogP contribution is -2.10. The fourth-order valence-corrected chi connectivity index (χ4v) is 2.45. The highest BCUT2D eigenvalue weighted by Gasteiger charge is 2.12. The van der Waals surface area contributed by atoms with Gasteiger partial charge in [0, 0.05) is 0 Å². The van der Waals surface area contributed by atoms with Crippen LogP contribution in [-0.2, 0) is 0 Å².